The number of amides is 1. The number of carbonyl (C=O) groups excluding carboxylic acids is 1. The number of nitrogens with zero attached hydrogens (tertiary/aromatic N) is 1. The van der Waals surface area contributed by atoms with Crippen LogP contribution in [0, 0.1) is 0 Å². The first kappa shape index (κ1) is 16.5. The highest BCUT2D eigenvalue weighted by Crippen LogP contribution is 2.09. The van der Waals surface area contributed by atoms with E-state index in [1.807, 2.05) is 30.3 Å². The molecular weight excluding hydrogens is 284 g/mol. The Morgan fingerprint density at radius 2 is 1.91 bits per heavy atom. The fraction of sp³-hybridized carbons (Fsp3) is 0.500. The van der Waals surface area contributed by atoms with Crippen LogP contribution < -0.4 is 5.32 Å². The van der Waals surface area contributed by atoms with Gasteiger partial charge in [0, 0.05) is 13.1 Å². The molecule has 22 heavy (non-hydrogen) atoms. The summed E-state index contributed by atoms with van der Waals surface area (Å²) in [5.74, 6) is -1.03. The summed E-state index contributed by atoms with van der Waals surface area (Å²) in [6.07, 6.45) is 0.467. The Balaban J connectivity index is 2.09. The van der Waals surface area contributed by atoms with Crippen LogP contribution in [0.1, 0.15) is 12.5 Å². The van der Waals surface area contributed by atoms with Crippen molar-refractivity contribution in [2.24, 2.45) is 0 Å². The normalized spacial score (nSPS) is 17.8. The van der Waals surface area contributed by atoms with Crippen molar-refractivity contribution in [3.05, 3.63) is 35.9 Å². The predicted molar refractivity (Wildman–Crippen MR) is 81.6 cm³/mol. The number of aliphatic carboxylic acids is 1. The molecule has 0 unspecified atom stereocenters. The lowest BCUT2D eigenvalue weighted by Gasteiger charge is -2.31. The molecule has 0 saturated carbocycles. The molecule has 6 nitrogen and oxygen atoms in total. The lowest BCUT2D eigenvalue weighted by atomic mass is 10.0. The molecule has 1 aliphatic heterocycles. The fourth-order valence-electron chi connectivity index (χ4n) is 2.44. The molecule has 1 heterocycles. The van der Waals surface area contributed by atoms with E-state index >= 15 is 0 Å². The zero-order valence-electron chi connectivity index (χ0n) is 12.7. The van der Waals surface area contributed by atoms with E-state index in [9.17, 15) is 9.59 Å². The molecule has 1 saturated heterocycles. The molecule has 0 aromatic heterocycles. The van der Waals surface area contributed by atoms with Crippen molar-refractivity contribution in [1.29, 1.82) is 0 Å². The third-order valence-corrected chi connectivity index (χ3v) is 3.73. The third kappa shape index (κ3) is 4.54. The SMILES string of the molecule is C[C@H](N[C@H](Cc1ccccc1)C(=O)N1CCOCC1)C(=O)O. The van der Waals surface area contributed by atoms with Crippen LogP contribution in [-0.2, 0) is 20.7 Å². The summed E-state index contributed by atoms with van der Waals surface area (Å²) in [5.41, 5.74) is 0.999. The number of morpholine rings is 1. The molecule has 2 N–H and O–H groups in total. The van der Waals surface area contributed by atoms with E-state index in [1.54, 1.807) is 11.8 Å². The maximum atomic E-state index is 12.7. The first-order valence-electron chi connectivity index (χ1n) is 7.47. The van der Waals surface area contributed by atoms with Crippen LogP contribution in [0.3, 0.4) is 0 Å². The van der Waals surface area contributed by atoms with E-state index in [1.165, 1.54) is 0 Å². The van der Waals surface area contributed by atoms with Gasteiger partial charge in [0.15, 0.2) is 0 Å². The number of carbonyl (C=O) groups is 2. The summed E-state index contributed by atoms with van der Waals surface area (Å²) < 4.78 is 5.26. The van der Waals surface area contributed by atoms with Gasteiger partial charge >= 0.3 is 5.97 Å². The highest BCUT2D eigenvalue weighted by Gasteiger charge is 2.28. The average molecular weight is 306 g/mol. The molecule has 1 aliphatic rings. The molecule has 1 aromatic rings. The minimum Gasteiger partial charge on any atom is -0.480 e. The van der Waals surface area contributed by atoms with Crippen LogP contribution in [0.2, 0.25) is 0 Å². The maximum Gasteiger partial charge on any atom is 0.320 e. The van der Waals surface area contributed by atoms with Crippen molar-refractivity contribution in [3.8, 4) is 0 Å². The molecule has 0 radical (unpaired) electrons. The quantitative estimate of drug-likeness (QED) is 0.801. The highest BCUT2D eigenvalue weighted by atomic mass is 16.5. The largest absolute Gasteiger partial charge is 0.480 e. The number of hydrogen-bond donors (Lipinski definition) is 2. The lowest BCUT2D eigenvalue weighted by molar-refractivity contribution is -0.141. The molecular formula is C16H22N2O4. The molecule has 0 spiro atoms. The Morgan fingerprint density at radius 3 is 2.50 bits per heavy atom. The lowest BCUT2D eigenvalue weighted by Crippen LogP contribution is -2.54. The van der Waals surface area contributed by atoms with Crippen LogP contribution >= 0.6 is 0 Å². The first-order chi connectivity index (χ1) is 10.6. The van der Waals surface area contributed by atoms with Crippen molar-refractivity contribution in [2.75, 3.05) is 26.3 Å². The zero-order valence-corrected chi connectivity index (χ0v) is 12.7. The molecule has 2 atom stereocenters. The number of hydrogen-bond acceptors (Lipinski definition) is 4. The minimum atomic E-state index is -0.965. The first-order valence-corrected chi connectivity index (χ1v) is 7.47. The standard InChI is InChI=1S/C16H22N2O4/c1-12(16(20)21)17-14(11-13-5-3-2-4-6-13)15(19)18-7-9-22-10-8-18/h2-6,12,14,17H,7-11H2,1H3,(H,20,21)/t12-,14+/m0/s1. The topological polar surface area (TPSA) is 78.9 Å². The Bertz CT molecular complexity index is 500. The van der Waals surface area contributed by atoms with Gasteiger partial charge in [-0.3, -0.25) is 14.9 Å². The van der Waals surface area contributed by atoms with Gasteiger partial charge in [0.2, 0.25) is 5.91 Å². The number of ether oxygens (including phenoxy) is 1. The second-order valence-electron chi connectivity index (χ2n) is 5.41. The Morgan fingerprint density at radius 1 is 1.27 bits per heavy atom. The van der Waals surface area contributed by atoms with Gasteiger partial charge in [-0.25, -0.2) is 0 Å². The molecule has 1 aromatic carbocycles. The second-order valence-corrected chi connectivity index (χ2v) is 5.41. The van der Waals surface area contributed by atoms with E-state index < -0.39 is 18.1 Å². The summed E-state index contributed by atoms with van der Waals surface area (Å²) in [6, 6.07) is 8.28. The number of carboxylic acids is 1. The van der Waals surface area contributed by atoms with Gasteiger partial charge in [-0.05, 0) is 18.9 Å². The van der Waals surface area contributed by atoms with Crippen molar-refractivity contribution in [1.82, 2.24) is 10.2 Å². The van der Waals surface area contributed by atoms with Gasteiger partial charge in [0.1, 0.15) is 6.04 Å². The Labute approximate surface area is 130 Å². The van der Waals surface area contributed by atoms with Crippen LogP contribution in [0.25, 0.3) is 0 Å². The highest BCUT2D eigenvalue weighted by molar-refractivity contribution is 5.83. The van der Waals surface area contributed by atoms with Gasteiger partial charge < -0.3 is 14.7 Å². The predicted octanol–water partition coefficient (Wildman–Crippen LogP) is 0.519. The van der Waals surface area contributed by atoms with Crippen molar-refractivity contribution in [3.63, 3.8) is 0 Å². The molecule has 1 fully saturated rings. The Kier molecular flexibility index (Phi) is 5.91. The number of carboxylic acid groups (broad SMARTS) is 1. The fourth-order valence-corrected chi connectivity index (χ4v) is 2.44. The van der Waals surface area contributed by atoms with Crippen LogP contribution in [0.4, 0.5) is 0 Å². The van der Waals surface area contributed by atoms with Gasteiger partial charge in [-0.15, -0.1) is 0 Å². The maximum absolute atomic E-state index is 12.7. The van der Waals surface area contributed by atoms with Gasteiger partial charge in [0.25, 0.3) is 0 Å². The van der Waals surface area contributed by atoms with E-state index in [2.05, 4.69) is 5.32 Å². The van der Waals surface area contributed by atoms with E-state index in [0.717, 1.165) is 5.56 Å². The second kappa shape index (κ2) is 7.91. The zero-order chi connectivity index (χ0) is 15.9. The van der Waals surface area contributed by atoms with Gasteiger partial charge in [-0.1, -0.05) is 30.3 Å². The van der Waals surface area contributed by atoms with E-state index in [4.69, 9.17) is 9.84 Å². The van der Waals surface area contributed by atoms with Crippen molar-refractivity contribution >= 4 is 11.9 Å². The molecule has 120 valence electrons. The van der Waals surface area contributed by atoms with Gasteiger partial charge in [0.05, 0.1) is 19.3 Å². The third-order valence-electron chi connectivity index (χ3n) is 3.73. The van der Waals surface area contributed by atoms with Crippen LogP contribution in [0.5, 0.6) is 0 Å². The molecule has 2 rings (SSSR count). The summed E-state index contributed by atoms with van der Waals surface area (Å²) in [7, 11) is 0. The molecule has 0 bridgehead atoms. The summed E-state index contributed by atoms with van der Waals surface area (Å²) in [4.78, 5) is 25.5. The number of nitrogens with one attached hydrogen (secondary N) is 1. The monoisotopic (exact) mass is 306 g/mol. The summed E-state index contributed by atoms with van der Waals surface area (Å²) in [5, 5.41) is 12.0. The van der Waals surface area contributed by atoms with Crippen molar-refractivity contribution < 1.29 is 19.4 Å². The smallest absolute Gasteiger partial charge is 0.320 e. The van der Waals surface area contributed by atoms with E-state index in [0.29, 0.717) is 32.7 Å². The van der Waals surface area contributed by atoms with Crippen molar-refractivity contribution in [2.45, 2.75) is 25.4 Å². The number of benzene rings is 1. The Hall–Kier alpha value is -1.92. The van der Waals surface area contributed by atoms with Crippen LogP contribution in [-0.4, -0.2) is 60.3 Å². The molecule has 1 amide bonds. The summed E-state index contributed by atoms with van der Waals surface area (Å²) in [6.45, 7) is 3.70. The average Bonchev–Trinajstić information content (AvgIpc) is 2.55. The van der Waals surface area contributed by atoms with Gasteiger partial charge in [-0.2, -0.15) is 0 Å². The number of rotatable bonds is 6. The molecule has 6 heteroatoms. The minimum absolute atomic E-state index is 0.0692. The van der Waals surface area contributed by atoms with E-state index in [-0.39, 0.29) is 5.91 Å². The molecule has 0 aliphatic carbocycles. The summed E-state index contributed by atoms with van der Waals surface area (Å²) >= 11 is 0. The van der Waals surface area contributed by atoms with Crippen LogP contribution in [0.15, 0.2) is 30.3 Å².